The monoisotopic (exact) mass is 355 g/mol. The average Bonchev–Trinajstić information content (AvgIpc) is 2.72. The van der Waals surface area contributed by atoms with Gasteiger partial charge in [-0.1, -0.05) is 78.9 Å². The first-order chi connectivity index (χ1) is 13.2. The Balaban J connectivity index is 1.67. The molecule has 0 heterocycles. The molecule has 0 saturated carbocycles. The summed E-state index contributed by atoms with van der Waals surface area (Å²) in [6.07, 6.45) is 0. The molecule has 2 nitrogen and oxygen atoms in total. The molecule has 136 valence electrons. The Labute approximate surface area is 160 Å². The van der Waals surface area contributed by atoms with E-state index in [1.54, 1.807) is 7.11 Å². The zero-order valence-corrected chi connectivity index (χ0v) is 16.1. The van der Waals surface area contributed by atoms with Gasteiger partial charge in [0.05, 0.1) is 7.11 Å². The van der Waals surface area contributed by atoms with Crippen LogP contribution in [0.5, 0.6) is 5.75 Å². The highest BCUT2D eigenvalue weighted by Crippen LogP contribution is 2.35. The highest BCUT2D eigenvalue weighted by molar-refractivity contribution is 5.90. The number of benzene rings is 4. The number of rotatable bonds is 5. The van der Waals surface area contributed by atoms with Crippen LogP contribution < -0.4 is 10.1 Å². The van der Waals surface area contributed by atoms with Crippen molar-refractivity contribution in [3.8, 4) is 5.75 Å². The van der Waals surface area contributed by atoms with Crippen LogP contribution in [-0.4, -0.2) is 7.11 Å². The lowest BCUT2D eigenvalue weighted by Crippen LogP contribution is -2.23. The normalized spacial score (nSPS) is 13.6. The first kappa shape index (κ1) is 17.6. The minimum atomic E-state index is 0.165. The maximum atomic E-state index is 5.80. The molecule has 0 bridgehead atoms. The predicted molar refractivity (Wildman–Crippen MR) is 114 cm³/mol. The Bertz CT molecular complexity index is 1080. The molecule has 0 aliphatic heterocycles. The fraction of sp³-hybridized carbons (Fsp3) is 0.200. The summed E-state index contributed by atoms with van der Waals surface area (Å²) in [7, 11) is 1.76. The van der Waals surface area contributed by atoms with Gasteiger partial charge in [0.2, 0.25) is 0 Å². The van der Waals surface area contributed by atoms with Crippen LogP contribution in [0.3, 0.4) is 0 Å². The molecule has 0 unspecified atom stereocenters. The van der Waals surface area contributed by atoms with Crippen LogP contribution in [0.4, 0.5) is 0 Å². The number of methoxy groups -OCH3 is 1. The molecule has 4 rings (SSSR count). The lowest BCUT2D eigenvalue weighted by molar-refractivity contribution is 0.401. The van der Waals surface area contributed by atoms with Crippen molar-refractivity contribution in [2.75, 3.05) is 7.11 Å². The molecule has 2 heteroatoms. The van der Waals surface area contributed by atoms with Crippen LogP contribution in [0.15, 0.2) is 78.9 Å². The van der Waals surface area contributed by atoms with Crippen molar-refractivity contribution in [1.29, 1.82) is 0 Å². The molecular weight excluding hydrogens is 330 g/mol. The Hall–Kier alpha value is -2.84. The van der Waals surface area contributed by atoms with E-state index in [-0.39, 0.29) is 12.1 Å². The molecule has 27 heavy (non-hydrogen) atoms. The number of hydrogen-bond donors (Lipinski definition) is 1. The molecule has 0 fully saturated rings. The summed E-state index contributed by atoms with van der Waals surface area (Å²) in [6, 6.07) is 28.2. The van der Waals surface area contributed by atoms with Crippen molar-refractivity contribution in [3.63, 3.8) is 0 Å². The molecule has 0 aromatic heterocycles. The topological polar surface area (TPSA) is 21.3 Å². The minimum absolute atomic E-state index is 0.165. The van der Waals surface area contributed by atoms with Crippen molar-refractivity contribution in [1.82, 2.24) is 5.32 Å². The van der Waals surface area contributed by atoms with Gasteiger partial charge in [-0.25, -0.2) is 0 Å². The van der Waals surface area contributed by atoms with E-state index in [4.69, 9.17) is 4.74 Å². The third kappa shape index (κ3) is 3.29. The fourth-order valence-corrected chi connectivity index (χ4v) is 4.01. The maximum absolute atomic E-state index is 5.80. The number of fused-ring (bicyclic) bond motifs is 2. The maximum Gasteiger partial charge on any atom is 0.131 e. The summed E-state index contributed by atoms with van der Waals surface area (Å²) in [4.78, 5) is 0. The first-order valence-electron chi connectivity index (χ1n) is 9.48. The molecule has 0 saturated heterocycles. The second kappa shape index (κ2) is 7.42. The molecule has 0 spiro atoms. The third-order valence-electron chi connectivity index (χ3n) is 5.37. The lowest BCUT2D eigenvalue weighted by Gasteiger charge is -2.24. The lowest BCUT2D eigenvalue weighted by atomic mass is 9.97. The molecule has 0 aliphatic carbocycles. The molecule has 0 aliphatic rings. The summed E-state index contributed by atoms with van der Waals surface area (Å²) in [6.45, 7) is 4.43. The second-order valence-electron chi connectivity index (χ2n) is 7.09. The minimum Gasteiger partial charge on any atom is -0.496 e. The van der Waals surface area contributed by atoms with Crippen LogP contribution in [0.1, 0.15) is 37.1 Å². The van der Waals surface area contributed by atoms with E-state index < -0.39 is 0 Å². The summed E-state index contributed by atoms with van der Waals surface area (Å²) in [5, 5.41) is 8.70. The van der Waals surface area contributed by atoms with Gasteiger partial charge in [0.25, 0.3) is 0 Å². The van der Waals surface area contributed by atoms with Gasteiger partial charge in [-0.3, -0.25) is 0 Å². The number of nitrogens with one attached hydrogen (secondary N) is 1. The van der Waals surface area contributed by atoms with Gasteiger partial charge < -0.3 is 10.1 Å². The van der Waals surface area contributed by atoms with E-state index in [1.807, 2.05) is 0 Å². The highest BCUT2D eigenvalue weighted by Gasteiger charge is 2.17. The van der Waals surface area contributed by atoms with Crippen LogP contribution in [0.2, 0.25) is 0 Å². The van der Waals surface area contributed by atoms with E-state index in [0.717, 1.165) is 11.1 Å². The molecule has 2 atom stereocenters. The van der Waals surface area contributed by atoms with Crippen LogP contribution >= 0.6 is 0 Å². The molecular formula is C25H25NO. The van der Waals surface area contributed by atoms with Crippen molar-refractivity contribution in [2.45, 2.75) is 25.9 Å². The van der Waals surface area contributed by atoms with Gasteiger partial charge in [-0.15, -0.1) is 0 Å². The second-order valence-corrected chi connectivity index (χ2v) is 7.09. The fourth-order valence-electron chi connectivity index (χ4n) is 4.01. The number of ether oxygens (including phenoxy) is 1. The summed E-state index contributed by atoms with van der Waals surface area (Å²) >= 11 is 0. The molecule has 0 radical (unpaired) electrons. The van der Waals surface area contributed by atoms with Crippen molar-refractivity contribution < 1.29 is 4.74 Å². The SMILES string of the molecule is COc1c([C@@H](C)N[C@H](C)c2cccc3ccccc23)ccc2ccccc12. The quantitative estimate of drug-likeness (QED) is 0.446. The molecule has 1 N–H and O–H groups in total. The first-order valence-corrected chi connectivity index (χ1v) is 9.48. The smallest absolute Gasteiger partial charge is 0.131 e. The van der Waals surface area contributed by atoms with Gasteiger partial charge in [0.15, 0.2) is 0 Å². The van der Waals surface area contributed by atoms with Gasteiger partial charge in [-0.2, -0.15) is 0 Å². The van der Waals surface area contributed by atoms with Crippen molar-refractivity contribution in [3.05, 3.63) is 90.0 Å². The molecule has 4 aromatic rings. The standard InChI is InChI=1S/C25H25NO/c1-17(21-14-8-11-19-9-4-6-12-23(19)21)26-18(2)22-16-15-20-10-5-7-13-24(20)25(22)27-3/h4-18,26H,1-3H3/t17-,18-/m1/s1. The molecule has 0 amide bonds. The zero-order chi connectivity index (χ0) is 18.8. The summed E-state index contributed by atoms with van der Waals surface area (Å²) < 4.78 is 5.80. The highest BCUT2D eigenvalue weighted by atomic mass is 16.5. The third-order valence-corrected chi connectivity index (χ3v) is 5.37. The van der Waals surface area contributed by atoms with Gasteiger partial charge >= 0.3 is 0 Å². The largest absolute Gasteiger partial charge is 0.496 e. The van der Waals surface area contributed by atoms with E-state index in [1.165, 1.54) is 27.3 Å². The zero-order valence-electron chi connectivity index (χ0n) is 16.1. The van der Waals surface area contributed by atoms with E-state index >= 15 is 0 Å². The van der Waals surface area contributed by atoms with Gasteiger partial charge in [0, 0.05) is 23.0 Å². The Morgan fingerprint density at radius 2 is 1.22 bits per heavy atom. The van der Waals surface area contributed by atoms with Gasteiger partial charge in [-0.05, 0) is 35.6 Å². The number of hydrogen-bond acceptors (Lipinski definition) is 2. The van der Waals surface area contributed by atoms with Gasteiger partial charge in [0.1, 0.15) is 5.75 Å². The Morgan fingerprint density at radius 1 is 0.630 bits per heavy atom. The van der Waals surface area contributed by atoms with E-state index in [9.17, 15) is 0 Å². The Kier molecular flexibility index (Phi) is 4.83. The van der Waals surface area contributed by atoms with E-state index in [2.05, 4.69) is 98.0 Å². The van der Waals surface area contributed by atoms with E-state index in [0.29, 0.717) is 0 Å². The van der Waals surface area contributed by atoms with Crippen molar-refractivity contribution in [2.24, 2.45) is 0 Å². The predicted octanol–water partition coefficient (Wildman–Crippen LogP) is 6.41. The van der Waals surface area contributed by atoms with Crippen LogP contribution in [0, 0.1) is 0 Å². The average molecular weight is 355 g/mol. The summed E-state index contributed by atoms with van der Waals surface area (Å²) in [5.41, 5.74) is 2.50. The molecule has 4 aromatic carbocycles. The van der Waals surface area contributed by atoms with Crippen molar-refractivity contribution >= 4 is 21.5 Å². The van der Waals surface area contributed by atoms with Crippen LogP contribution in [-0.2, 0) is 0 Å². The van der Waals surface area contributed by atoms with Crippen LogP contribution in [0.25, 0.3) is 21.5 Å². The Morgan fingerprint density at radius 3 is 1.96 bits per heavy atom. The summed E-state index contributed by atoms with van der Waals surface area (Å²) in [5.74, 6) is 0.957.